The van der Waals surface area contributed by atoms with Crippen molar-refractivity contribution in [3.63, 3.8) is 0 Å². The van der Waals surface area contributed by atoms with E-state index in [9.17, 15) is 4.39 Å². The van der Waals surface area contributed by atoms with E-state index in [-0.39, 0.29) is 5.82 Å². The molecule has 74 valence electrons. The van der Waals surface area contributed by atoms with Gasteiger partial charge in [0.25, 0.3) is 0 Å². The van der Waals surface area contributed by atoms with E-state index in [1.807, 2.05) is 18.5 Å². The van der Waals surface area contributed by atoms with Gasteiger partial charge in [0.2, 0.25) is 0 Å². The van der Waals surface area contributed by atoms with Crippen LogP contribution in [0.1, 0.15) is 5.56 Å². The van der Waals surface area contributed by atoms with Crippen molar-refractivity contribution in [1.82, 2.24) is 5.32 Å². The Bertz CT molecular complexity index is 436. The number of nitrogens with one attached hydrogen (secondary N) is 1. The molecular formula is C11H12FNS. The van der Waals surface area contributed by atoms with Crippen molar-refractivity contribution in [2.24, 2.45) is 0 Å². The van der Waals surface area contributed by atoms with Crippen LogP contribution in [0.5, 0.6) is 0 Å². The molecule has 0 radical (unpaired) electrons. The lowest BCUT2D eigenvalue weighted by Gasteiger charge is -1.98. The van der Waals surface area contributed by atoms with Crippen LogP contribution in [-0.4, -0.2) is 13.6 Å². The fraction of sp³-hybridized carbons (Fsp3) is 0.273. The van der Waals surface area contributed by atoms with Gasteiger partial charge in [-0.25, -0.2) is 4.39 Å². The molecule has 0 bridgehead atoms. The molecule has 0 amide bonds. The summed E-state index contributed by atoms with van der Waals surface area (Å²) in [6.07, 6.45) is 0.958. The average molecular weight is 209 g/mol. The van der Waals surface area contributed by atoms with E-state index in [1.54, 1.807) is 6.07 Å². The van der Waals surface area contributed by atoms with Crippen LogP contribution in [0.2, 0.25) is 0 Å². The van der Waals surface area contributed by atoms with E-state index in [0.29, 0.717) is 0 Å². The van der Waals surface area contributed by atoms with Gasteiger partial charge in [0.15, 0.2) is 0 Å². The molecule has 0 unspecified atom stereocenters. The maximum Gasteiger partial charge on any atom is 0.140 e. The number of hydrogen-bond acceptors (Lipinski definition) is 2. The molecule has 2 aromatic rings. The van der Waals surface area contributed by atoms with E-state index < -0.39 is 0 Å². The first-order valence-corrected chi connectivity index (χ1v) is 5.50. The topological polar surface area (TPSA) is 12.0 Å². The number of fused-ring (bicyclic) bond motifs is 1. The van der Waals surface area contributed by atoms with Crippen LogP contribution in [0.4, 0.5) is 4.39 Å². The fourth-order valence-electron chi connectivity index (χ4n) is 1.53. The highest BCUT2D eigenvalue weighted by atomic mass is 32.1. The van der Waals surface area contributed by atoms with Crippen molar-refractivity contribution in [2.75, 3.05) is 13.6 Å². The second-order valence-corrected chi connectivity index (χ2v) is 4.11. The first-order valence-electron chi connectivity index (χ1n) is 4.62. The average Bonchev–Trinajstić information content (AvgIpc) is 2.60. The first kappa shape index (κ1) is 9.62. The predicted octanol–water partition coefficient (Wildman–Crippen LogP) is 2.80. The fourth-order valence-corrected chi connectivity index (χ4v) is 2.54. The van der Waals surface area contributed by atoms with Crippen LogP contribution in [0.25, 0.3) is 10.1 Å². The van der Waals surface area contributed by atoms with Gasteiger partial charge in [-0.2, -0.15) is 0 Å². The lowest BCUT2D eigenvalue weighted by molar-refractivity contribution is 0.641. The first-order chi connectivity index (χ1) is 6.83. The summed E-state index contributed by atoms with van der Waals surface area (Å²) in [5.41, 5.74) is 1.24. The Morgan fingerprint density at radius 1 is 1.43 bits per heavy atom. The van der Waals surface area contributed by atoms with Crippen molar-refractivity contribution in [3.8, 4) is 0 Å². The highest BCUT2D eigenvalue weighted by Crippen LogP contribution is 2.28. The third kappa shape index (κ3) is 1.65. The zero-order valence-corrected chi connectivity index (χ0v) is 8.83. The molecule has 1 aromatic carbocycles. The Labute approximate surface area is 86.6 Å². The Hall–Kier alpha value is -0.930. The van der Waals surface area contributed by atoms with Crippen molar-refractivity contribution < 1.29 is 4.39 Å². The van der Waals surface area contributed by atoms with E-state index in [2.05, 4.69) is 5.32 Å². The summed E-state index contributed by atoms with van der Waals surface area (Å²) in [5, 5.41) is 6.20. The summed E-state index contributed by atoms with van der Waals surface area (Å²) >= 11 is 1.49. The summed E-state index contributed by atoms with van der Waals surface area (Å²) in [5.74, 6) is -0.108. The van der Waals surface area contributed by atoms with Gasteiger partial charge in [0.1, 0.15) is 5.82 Å². The van der Waals surface area contributed by atoms with Crippen molar-refractivity contribution in [3.05, 3.63) is 35.0 Å². The molecule has 0 spiro atoms. The normalized spacial score (nSPS) is 11.0. The van der Waals surface area contributed by atoms with Crippen LogP contribution in [0.3, 0.4) is 0 Å². The van der Waals surface area contributed by atoms with E-state index >= 15 is 0 Å². The smallest absolute Gasteiger partial charge is 0.140 e. The summed E-state index contributed by atoms with van der Waals surface area (Å²) in [6, 6.07) is 5.27. The summed E-state index contributed by atoms with van der Waals surface area (Å²) in [6.45, 7) is 0.933. The van der Waals surface area contributed by atoms with Gasteiger partial charge in [0.05, 0.1) is 4.70 Å². The second kappa shape index (κ2) is 4.07. The molecule has 0 saturated carbocycles. The van der Waals surface area contributed by atoms with E-state index in [1.165, 1.54) is 23.0 Å². The molecule has 1 heterocycles. The molecule has 14 heavy (non-hydrogen) atoms. The van der Waals surface area contributed by atoms with Gasteiger partial charge in [0, 0.05) is 0 Å². The highest BCUT2D eigenvalue weighted by molar-refractivity contribution is 7.17. The summed E-state index contributed by atoms with van der Waals surface area (Å²) in [4.78, 5) is 0. The number of benzene rings is 1. The number of thiophene rings is 1. The number of halogens is 1. The predicted molar refractivity (Wildman–Crippen MR) is 59.4 cm³/mol. The maximum atomic E-state index is 13.3. The Morgan fingerprint density at radius 2 is 2.29 bits per heavy atom. The number of likely N-dealkylation sites (N-methyl/N-ethyl adjacent to an activating group) is 1. The molecule has 0 aliphatic carbocycles. The molecule has 1 aromatic heterocycles. The Balaban J connectivity index is 2.42. The molecule has 0 atom stereocenters. The van der Waals surface area contributed by atoms with Crippen molar-refractivity contribution >= 4 is 21.4 Å². The van der Waals surface area contributed by atoms with Crippen molar-refractivity contribution in [1.29, 1.82) is 0 Å². The maximum absolute atomic E-state index is 13.3. The zero-order valence-electron chi connectivity index (χ0n) is 8.01. The van der Waals surface area contributed by atoms with E-state index in [0.717, 1.165) is 23.1 Å². The molecule has 0 fully saturated rings. The third-order valence-corrected chi connectivity index (χ3v) is 3.33. The molecule has 0 saturated heterocycles. The molecule has 2 rings (SSSR count). The van der Waals surface area contributed by atoms with Crippen molar-refractivity contribution in [2.45, 2.75) is 6.42 Å². The second-order valence-electron chi connectivity index (χ2n) is 3.23. The molecule has 0 aliphatic heterocycles. The lowest BCUT2D eigenvalue weighted by Crippen LogP contribution is -2.09. The van der Waals surface area contributed by atoms with Crippen LogP contribution in [0, 0.1) is 5.82 Å². The third-order valence-electron chi connectivity index (χ3n) is 2.28. The molecule has 0 aliphatic rings. The lowest BCUT2D eigenvalue weighted by atomic mass is 10.1. The van der Waals surface area contributed by atoms with Gasteiger partial charge in [-0.15, -0.1) is 11.3 Å². The molecule has 1 nitrogen and oxygen atoms in total. The largest absolute Gasteiger partial charge is 0.319 e. The van der Waals surface area contributed by atoms with Gasteiger partial charge < -0.3 is 5.32 Å². The van der Waals surface area contributed by atoms with Crippen LogP contribution < -0.4 is 5.32 Å². The summed E-state index contributed by atoms with van der Waals surface area (Å²) < 4.78 is 14.1. The molecule has 1 N–H and O–H groups in total. The van der Waals surface area contributed by atoms with Gasteiger partial charge >= 0.3 is 0 Å². The Morgan fingerprint density at radius 3 is 3.07 bits per heavy atom. The summed E-state index contributed by atoms with van der Waals surface area (Å²) in [7, 11) is 1.93. The van der Waals surface area contributed by atoms with Gasteiger partial charge in [-0.05, 0) is 42.4 Å². The number of hydrogen-bond donors (Lipinski definition) is 1. The van der Waals surface area contributed by atoms with Gasteiger partial charge in [-0.3, -0.25) is 0 Å². The minimum Gasteiger partial charge on any atom is -0.319 e. The number of rotatable bonds is 3. The monoisotopic (exact) mass is 209 g/mol. The zero-order chi connectivity index (χ0) is 9.97. The minimum atomic E-state index is -0.108. The SMILES string of the molecule is CNCCc1csc2c(F)cccc12. The van der Waals surface area contributed by atoms with Crippen LogP contribution >= 0.6 is 11.3 Å². The highest BCUT2D eigenvalue weighted by Gasteiger charge is 2.06. The molecular weight excluding hydrogens is 197 g/mol. The standard InChI is InChI=1S/C11H12FNS/c1-13-6-5-8-7-14-11-9(8)3-2-4-10(11)12/h2-4,7,13H,5-6H2,1H3. The van der Waals surface area contributed by atoms with Gasteiger partial charge in [-0.1, -0.05) is 12.1 Å². The Kier molecular flexibility index (Phi) is 2.79. The quantitative estimate of drug-likeness (QED) is 0.819. The van der Waals surface area contributed by atoms with Crippen LogP contribution in [0.15, 0.2) is 23.6 Å². The molecule has 3 heteroatoms. The van der Waals surface area contributed by atoms with Crippen LogP contribution in [-0.2, 0) is 6.42 Å². The minimum absolute atomic E-state index is 0.108. The van der Waals surface area contributed by atoms with E-state index in [4.69, 9.17) is 0 Å².